The fourth-order valence-corrected chi connectivity index (χ4v) is 2.99. The molecule has 0 aliphatic carbocycles. The first-order valence-corrected chi connectivity index (χ1v) is 7.73. The van der Waals surface area contributed by atoms with E-state index in [2.05, 4.69) is 46.1 Å². The molecule has 110 valence electrons. The predicted octanol–water partition coefficient (Wildman–Crippen LogP) is 2.36. The van der Waals surface area contributed by atoms with Gasteiger partial charge in [-0.2, -0.15) is 0 Å². The summed E-state index contributed by atoms with van der Waals surface area (Å²) in [5, 5.41) is 0.801. The number of aryl methyl sites for hydroxylation is 1. The van der Waals surface area contributed by atoms with Crippen LogP contribution in [0.2, 0.25) is 0 Å². The molecule has 2 heterocycles. The lowest BCUT2D eigenvalue weighted by atomic mass is 10.2. The molecule has 0 atom stereocenters. The van der Waals surface area contributed by atoms with Gasteiger partial charge in [0.2, 0.25) is 0 Å². The Morgan fingerprint density at radius 3 is 2.57 bits per heavy atom. The molecule has 0 saturated carbocycles. The van der Waals surface area contributed by atoms with Crippen molar-refractivity contribution in [2.45, 2.75) is 16.8 Å². The van der Waals surface area contributed by atoms with Gasteiger partial charge in [0.25, 0.3) is 0 Å². The second kappa shape index (κ2) is 6.32. The average molecular weight is 302 g/mol. The van der Waals surface area contributed by atoms with Gasteiger partial charge in [0.1, 0.15) is 17.0 Å². The minimum Gasteiger partial charge on any atom is -0.394 e. The second-order valence-electron chi connectivity index (χ2n) is 4.93. The van der Waals surface area contributed by atoms with E-state index in [-0.39, 0.29) is 0 Å². The molecule has 5 nitrogen and oxygen atoms in total. The number of nitrogens with two attached hydrogens (primary N) is 1. The number of rotatable bonds is 3. The fourth-order valence-electron chi connectivity index (χ4n) is 2.20. The van der Waals surface area contributed by atoms with Gasteiger partial charge in [0.05, 0.1) is 13.2 Å². The van der Waals surface area contributed by atoms with Gasteiger partial charge in [0.15, 0.2) is 5.82 Å². The molecule has 2 aromatic rings. The van der Waals surface area contributed by atoms with Crippen LogP contribution in [0.4, 0.5) is 11.5 Å². The van der Waals surface area contributed by atoms with Crippen molar-refractivity contribution in [3.8, 4) is 0 Å². The number of morpholine rings is 1. The van der Waals surface area contributed by atoms with Gasteiger partial charge in [-0.1, -0.05) is 29.5 Å². The first kappa shape index (κ1) is 14.2. The van der Waals surface area contributed by atoms with Crippen molar-refractivity contribution < 1.29 is 4.74 Å². The molecule has 0 bridgehead atoms. The van der Waals surface area contributed by atoms with E-state index in [1.807, 2.05) is 0 Å². The summed E-state index contributed by atoms with van der Waals surface area (Å²) in [6, 6.07) is 8.33. The van der Waals surface area contributed by atoms with Crippen LogP contribution in [0.1, 0.15) is 5.56 Å². The summed E-state index contributed by atoms with van der Waals surface area (Å²) in [6.45, 7) is 5.13. The molecule has 0 radical (unpaired) electrons. The van der Waals surface area contributed by atoms with Crippen molar-refractivity contribution in [2.24, 2.45) is 0 Å². The standard InChI is InChI=1S/C15H18N4OS/c1-11-2-4-12(5-3-11)21-15-13(16)14(17-10-18-15)19-6-8-20-9-7-19/h2-5,10H,6-9,16H2,1H3. The van der Waals surface area contributed by atoms with E-state index < -0.39 is 0 Å². The molecular weight excluding hydrogens is 284 g/mol. The minimum atomic E-state index is 0.643. The summed E-state index contributed by atoms with van der Waals surface area (Å²) >= 11 is 1.57. The SMILES string of the molecule is Cc1ccc(Sc2ncnc(N3CCOCC3)c2N)cc1. The highest BCUT2D eigenvalue weighted by Crippen LogP contribution is 2.34. The third-order valence-electron chi connectivity index (χ3n) is 3.37. The molecule has 1 aromatic carbocycles. The van der Waals surface area contributed by atoms with Gasteiger partial charge < -0.3 is 15.4 Å². The predicted molar refractivity (Wildman–Crippen MR) is 84.8 cm³/mol. The Bertz CT molecular complexity index is 612. The first-order valence-electron chi connectivity index (χ1n) is 6.92. The summed E-state index contributed by atoms with van der Waals surface area (Å²) in [5.41, 5.74) is 8.15. The molecule has 1 saturated heterocycles. The Morgan fingerprint density at radius 2 is 1.86 bits per heavy atom. The molecule has 2 N–H and O–H groups in total. The van der Waals surface area contributed by atoms with Crippen molar-refractivity contribution >= 4 is 23.3 Å². The van der Waals surface area contributed by atoms with Gasteiger partial charge in [-0.05, 0) is 19.1 Å². The number of nitrogens with zero attached hydrogens (tertiary/aromatic N) is 3. The maximum atomic E-state index is 6.26. The van der Waals surface area contributed by atoms with Crippen LogP contribution in [0.15, 0.2) is 40.5 Å². The van der Waals surface area contributed by atoms with Crippen molar-refractivity contribution in [1.82, 2.24) is 9.97 Å². The van der Waals surface area contributed by atoms with E-state index in [0.717, 1.165) is 28.8 Å². The first-order chi connectivity index (χ1) is 10.2. The number of hydrogen-bond acceptors (Lipinski definition) is 6. The van der Waals surface area contributed by atoms with E-state index in [9.17, 15) is 0 Å². The molecule has 1 aliphatic heterocycles. The zero-order valence-electron chi connectivity index (χ0n) is 12.0. The maximum absolute atomic E-state index is 6.26. The summed E-state index contributed by atoms with van der Waals surface area (Å²) in [4.78, 5) is 11.9. The molecular formula is C15H18N4OS. The van der Waals surface area contributed by atoms with E-state index in [4.69, 9.17) is 10.5 Å². The van der Waals surface area contributed by atoms with Crippen LogP contribution in [0, 0.1) is 6.92 Å². The highest BCUT2D eigenvalue weighted by atomic mass is 32.2. The number of hydrogen-bond donors (Lipinski definition) is 1. The van der Waals surface area contributed by atoms with Crippen LogP contribution < -0.4 is 10.6 Å². The largest absolute Gasteiger partial charge is 0.394 e. The van der Waals surface area contributed by atoms with Crippen LogP contribution >= 0.6 is 11.8 Å². The third-order valence-corrected chi connectivity index (χ3v) is 4.40. The molecule has 0 spiro atoms. The van der Waals surface area contributed by atoms with Crippen LogP contribution in [0.5, 0.6) is 0 Å². The number of ether oxygens (including phenoxy) is 1. The van der Waals surface area contributed by atoms with Gasteiger partial charge >= 0.3 is 0 Å². The summed E-state index contributed by atoms with van der Waals surface area (Å²) < 4.78 is 5.37. The van der Waals surface area contributed by atoms with Crippen LogP contribution in [-0.2, 0) is 4.74 Å². The van der Waals surface area contributed by atoms with E-state index >= 15 is 0 Å². The summed E-state index contributed by atoms with van der Waals surface area (Å²) in [5.74, 6) is 0.808. The Hall–Kier alpha value is -1.79. The monoisotopic (exact) mass is 302 g/mol. The smallest absolute Gasteiger partial charge is 0.156 e. The molecule has 3 rings (SSSR count). The van der Waals surface area contributed by atoms with Crippen molar-refractivity contribution in [3.63, 3.8) is 0 Å². The molecule has 1 fully saturated rings. The molecule has 6 heteroatoms. The molecule has 1 aromatic heterocycles. The summed E-state index contributed by atoms with van der Waals surface area (Å²) in [7, 11) is 0. The fraction of sp³-hybridized carbons (Fsp3) is 0.333. The van der Waals surface area contributed by atoms with Gasteiger partial charge in [-0.3, -0.25) is 0 Å². The normalized spacial score (nSPS) is 15.2. The van der Waals surface area contributed by atoms with Gasteiger partial charge in [0, 0.05) is 18.0 Å². The van der Waals surface area contributed by atoms with Crippen LogP contribution in [-0.4, -0.2) is 36.3 Å². The van der Waals surface area contributed by atoms with Crippen molar-refractivity contribution in [1.29, 1.82) is 0 Å². The quantitative estimate of drug-likeness (QED) is 0.878. The third kappa shape index (κ3) is 3.28. The number of anilines is 2. The van der Waals surface area contributed by atoms with Gasteiger partial charge in [-0.25, -0.2) is 9.97 Å². The lowest BCUT2D eigenvalue weighted by Crippen LogP contribution is -2.37. The van der Waals surface area contributed by atoms with Crippen LogP contribution in [0.3, 0.4) is 0 Å². The molecule has 0 unspecified atom stereocenters. The Morgan fingerprint density at radius 1 is 1.14 bits per heavy atom. The Labute approximate surface area is 128 Å². The summed E-state index contributed by atoms with van der Waals surface area (Å²) in [6.07, 6.45) is 1.58. The van der Waals surface area contributed by atoms with E-state index in [0.29, 0.717) is 18.9 Å². The Balaban J connectivity index is 1.84. The Kier molecular flexibility index (Phi) is 4.26. The maximum Gasteiger partial charge on any atom is 0.156 e. The number of benzene rings is 1. The zero-order chi connectivity index (χ0) is 14.7. The zero-order valence-corrected chi connectivity index (χ0v) is 12.8. The van der Waals surface area contributed by atoms with E-state index in [1.54, 1.807) is 18.1 Å². The van der Waals surface area contributed by atoms with E-state index in [1.165, 1.54) is 5.56 Å². The average Bonchev–Trinajstić information content (AvgIpc) is 2.52. The number of nitrogen functional groups attached to an aromatic ring is 1. The number of aromatic nitrogens is 2. The topological polar surface area (TPSA) is 64.3 Å². The molecule has 21 heavy (non-hydrogen) atoms. The van der Waals surface area contributed by atoms with Gasteiger partial charge in [-0.15, -0.1) is 0 Å². The van der Waals surface area contributed by atoms with Crippen molar-refractivity contribution in [2.75, 3.05) is 36.9 Å². The lowest BCUT2D eigenvalue weighted by Gasteiger charge is -2.28. The van der Waals surface area contributed by atoms with Crippen LogP contribution in [0.25, 0.3) is 0 Å². The molecule has 1 aliphatic rings. The second-order valence-corrected chi connectivity index (χ2v) is 5.99. The minimum absolute atomic E-state index is 0.643. The van der Waals surface area contributed by atoms with Crippen molar-refractivity contribution in [3.05, 3.63) is 36.2 Å². The lowest BCUT2D eigenvalue weighted by molar-refractivity contribution is 0.122. The highest BCUT2D eigenvalue weighted by molar-refractivity contribution is 7.99. The molecule has 0 amide bonds. The highest BCUT2D eigenvalue weighted by Gasteiger charge is 2.18.